The van der Waals surface area contributed by atoms with E-state index in [1.807, 2.05) is 0 Å². The molecule has 0 aliphatic rings. The Hall–Kier alpha value is -0.370. The van der Waals surface area contributed by atoms with Crippen molar-refractivity contribution in [1.82, 2.24) is 0 Å². The lowest BCUT2D eigenvalue weighted by atomic mass is 9.95. The largest absolute Gasteiger partial charge is 0.330 e. The highest BCUT2D eigenvalue weighted by Gasteiger charge is 2.11. The van der Waals surface area contributed by atoms with Gasteiger partial charge in [-0.2, -0.15) is 0 Å². The summed E-state index contributed by atoms with van der Waals surface area (Å²) in [6.45, 7) is 6.45. The standard InChI is InChI=1S/C9H19NO/c1-7(2)4-5-9(6-10)8(3)11/h7,9H,4-6,10H2,1-3H3. The van der Waals surface area contributed by atoms with E-state index in [1.54, 1.807) is 6.92 Å². The van der Waals surface area contributed by atoms with Gasteiger partial charge in [-0.05, 0) is 19.3 Å². The summed E-state index contributed by atoms with van der Waals surface area (Å²) in [6.07, 6.45) is 2.05. The summed E-state index contributed by atoms with van der Waals surface area (Å²) in [5.41, 5.74) is 5.44. The Labute approximate surface area is 69.2 Å². The lowest BCUT2D eigenvalue weighted by Crippen LogP contribution is -2.21. The molecule has 0 aromatic rings. The number of Topliss-reactive ketones (excluding diaryl/α,β-unsaturated/α-hetero) is 1. The zero-order valence-corrected chi connectivity index (χ0v) is 7.76. The van der Waals surface area contributed by atoms with Gasteiger partial charge in [0.2, 0.25) is 0 Å². The molecule has 0 aliphatic heterocycles. The molecular formula is C9H19NO. The van der Waals surface area contributed by atoms with E-state index in [4.69, 9.17) is 5.73 Å². The van der Waals surface area contributed by atoms with Gasteiger partial charge in [-0.1, -0.05) is 20.3 Å². The Morgan fingerprint density at radius 3 is 2.18 bits per heavy atom. The van der Waals surface area contributed by atoms with Gasteiger partial charge in [0.1, 0.15) is 5.78 Å². The van der Waals surface area contributed by atoms with E-state index in [9.17, 15) is 4.79 Å². The summed E-state index contributed by atoms with van der Waals surface area (Å²) in [7, 11) is 0. The zero-order chi connectivity index (χ0) is 8.85. The number of ketones is 1. The van der Waals surface area contributed by atoms with E-state index in [-0.39, 0.29) is 11.7 Å². The van der Waals surface area contributed by atoms with Crippen LogP contribution >= 0.6 is 0 Å². The van der Waals surface area contributed by atoms with Gasteiger partial charge in [0, 0.05) is 12.5 Å². The van der Waals surface area contributed by atoms with Crippen LogP contribution in [0.1, 0.15) is 33.6 Å². The predicted molar refractivity (Wildman–Crippen MR) is 47.3 cm³/mol. The molecule has 1 atom stereocenters. The van der Waals surface area contributed by atoms with Crippen molar-refractivity contribution in [2.24, 2.45) is 17.6 Å². The monoisotopic (exact) mass is 157 g/mol. The van der Waals surface area contributed by atoms with Crippen LogP contribution < -0.4 is 5.73 Å². The molecule has 0 aromatic carbocycles. The van der Waals surface area contributed by atoms with Crippen LogP contribution in [0.4, 0.5) is 0 Å². The number of hydrogen-bond donors (Lipinski definition) is 1. The molecule has 0 saturated carbocycles. The maximum Gasteiger partial charge on any atom is 0.134 e. The number of nitrogens with two attached hydrogens (primary N) is 1. The zero-order valence-electron chi connectivity index (χ0n) is 7.76. The van der Waals surface area contributed by atoms with Crippen LogP contribution in [0.15, 0.2) is 0 Å². The normalized spacial score (nSPS) is 13.5. The van der Waals surface area contributed by atoms with Crippen molar-refractivity contribution in [2.45, 2.75) is 33.6 Å². The van der Waals surface area contributed by atoms with Crippen LogP contribution in [-0.2, 0) is 4.79 Å². The maximum absolute atomic E-state index is 10.9. The lowest BCUT2D eigenvalue weighted by Gasteiger charge is -2.11. The summed E-state index contributed by atoms with van der Waals surface area (Å²) in [4.78, 5) is 10.9. The quantitative estimate of drug-likeness (QED) is 0.658. The van der Waals surface area contributed by atoms with Crippen LogP contribution in [-0.4, -0.2) is 12.3 Å². The van der Waals surface area contributed by atoms with Crippen molar-refractivity contribution in [1.29, 1.82) is 0 Å². The summed E-state index contributed by atoms with van der Waals surface area (Å²) in [6, 6.07) is 0. The molecule has 1 unspecified atom stereocenters. The second-order valence-electron chi connectivity index (χ2n) is 3.51. The fraction of sp³-hybridized carbons (Fsp3) is 0.889. The number of rotatable bonds is 5. The molecule has 66 valence electrons. The first-order chi connectivity index (χ1) is 5.07. The minimum Gasteiger partial charge on any atom is -0.330 e. The molecular weight excluding hydrogens is 138 g/mol. The van der Waals surface area contributed by atoms with Crippen LogP contribution in [0.3, 0.4) is 0 Å². The third-order valence-corrected chi connectivity index (χ3v) is 1.95. The molecule has 2 nitrogen and oxygen atoms in total. The highest BCUT2D eigenvalue weighted by atomic mass is 16.1. The van der Waals surface area contributed by atoms with Gasteiger partial charge in [-0.25, -0.2) is 0 Å². The van der Waals surface area contributed by atoms with Gasteiger partial charge in [0.25, 0.3) is 0 Å². The molecule has 11 heavy (non-hydrogen) atoms. The Balaban J connectivity index is 3.61. The summed E-state index contributed by atoms with van der Waals surface area (Å²) < 4.78 is 0. The minimum atomic E-state index is 0.0948. The first-order valence-corrected chi connectivity index (χ1v) is 4.28. The van der Waals surface area contributed by atoms with Crippen LogP contribution in [0.5, 0.6) is 0 Å². The summed E-state index contributed by atoms with van der Waals surface area (Å²) >= 11 is 0. The second-order valence-corrected chi connectivity index (χ2v) is 3.51. The molecule has 0 rings (SSSR count). The molecule has 2 N–H and O–H groups in total. The molecule has 0 saturated heterocycles. The SMILES string of the molecule is CC(=O)C(CN)CCC(C)C. The van der Waals surface area contributed by atoms with E-state index in [0.717, 1.165) is 12.8 Å². The maximum atomic E-state index is 10.9. The number of carbonyl (C=O) groups is 1. The van der Waals surface area contributed by atoms with E-state index in [1.165, 1.54) is 0 Å². The van der Waals surface area contributed by atoms with E-state index in [0.29, 0.717) is 12.5 Å². The third kappa shape index (κ3) is 4.96. The lowest BCUT2D eigenvalue weighted by molar-refractivity contribution is -0.120. The molecule has 0 aromatic heterocycles. The average molecular weight is 157 g/mol. The highest BCUT2D eigenvalue weighted by molar-refractivity contribution is 5.78. The Bertz CT molecular complexity index is 121. The van der Waals surface area contributed by atoms with Gasteiger partial charge in [-0.3, -0.25) is 4.79 Å². The fourth-order valence-corrected chi connectivity index (χ4v) is 1.02. The second kappa shape index (κ2) is 5.30. The fourth-order valence-electron chi connectivity index (χ4n) is 1.02. The first kappa shape index (κ1) is 10.6. The molecule has 0 spiro atoms. The van der Waals surface area contributed by atoms with Crippen molar-refractivity contribution < 1.29 is 4.79 Å². The third-order valence-electron chi connectivity index (χ3n) is 1.95. The van der Waals surface area contributed by atoms with E-state index >= 15 is 0 Å². The van der Waals surface area contributed by atoms with Crippen molar-refractivity contribution in [3.63, 3.8) is 0 Å². The smallest absolute Gasteiger partial charge is 0.134 e. The molecule has 0 heterocycles. The van der Waals surface area contributed by atoms with Crippen LogP contribution in [0.25, 0.3) is 0 Å². The molecule has 0 amide bonds. The molecule has 0 radical (unpaired) electrons. The number of carbonyl (C=O) groups excluding carboxylic acids is 1. The topological polar surface area (TPSA) is 43.1 Å². The summed E-state index contributed by atoms with van der Waals surface area (Å²) in [5.74, 6) is 0.994. The van der Waals surface area contributed by atoms with Crippen molar-refractivity contribution in [2.75, 3.05) is 6.54 Å². The average Bonchev–Trinajstić information content (AvgIpc) is 1.87. The Morgan fingerprint density at radius 1 is 1.36 bits per heavy atom. The van der Waals surface area contributed by atoms with E-state index in [2.05, 4.69) is 13.8 Å². The van der Waals surface area contributed by atoms with Crippen molar-refractivity contribution in [3.8, 4) is 0 Å². The molecule has 0 bridgehead atoms. The molecule has 2 heteroatoms. The highest BCUT2D eigenvalue weighted by Crippen LogP contribution is 2.11. The van der Waals surface area contributed by atoms with Gasteiger partial charge in [-0.15, -0.1) is 0 Å². The molecule has 0 fully saturated rings. The van der Waals surface area contributed by atoms with Crippen LogP contribution in [0.2, 0.25) is 0 Å². The van der Waals surface area contributed by atoms with E-state index < -0.39 is 0 Å². The summed E-state index contributed by atoms with van der Waals surface area (Å²) in [5, 5.41) is 0. The van der Waals surface area contributed by atoms with Crippen LogP contribution in [0, 0.1) is 11.8 Å². The van der Waals surface area contributed by atoms with Gasteiger partial charge in [0.15, 0.2) is 0 Å². The van der Waals surface area contributed by atoms with Crippen molar-refractivity contribution in [3.05, 3.63) is 0 Å². The molecule has 0 aliphatic carbocycles. The van der Waals surface area contributed by atoms with Gasteiger partial charge >= 0.3 is 0 Å². The van der Waals surface area contributed by atoms with Crippen molar-refractivity contribution >= 4 is 5.78 Å². The van der Waals surface area contributed by atoms with Gasteiger partial charge in [0.05, 0.1) is 0 Å². The number of hydrogen-bond acceptors (Lipinski definition) is 2. The first-order valence-electron chi connectivity index (χ1n) is 4.28. The Kier molecular flexibility index (Phi) is 5.12. The van der Waals surface area contributed by atoms with Gasteiger partial charge < -0.3 is 5.73 Å². The minimum absolute atomic E-state index is 0.0948. The predicted octanol–water partition coefficient (Wildman–Crippen LogP) is 1.59. The Morgan fingerprint density at radius 2 is 1.91 bits per heavy atom.